The monoisotopic (exact) mass is 433 g/mol. The SMILES string of the molecule is COc1ccccc1C1C(C(=O)C(C)(C)C)C(=O)C(=O)N1c1cccc(C(F)(F)F)c1. The van der Waals surface area contributed by atoms with Crippen LogP contribution in [0.2, 0.25) is 0 Å². The summed E-state index contributed by atoms with van der Waals surface area (Å²) in [4.78, 5) is 40.1. The summed E-state index contributed by atoms with van der Waals surface area (Å²) in [5, 5.41) is 0. The number of Topliss-reactive ketones (excluding diaryl/α,β-unsaturated/α-hetero) is 2. The Bertz CT molecular complexity index is 1040. The van der Waals surface area contributed by atoms with Gasteiger partial charge in [0.1, 0.15) is 11.7 Å². The van der Waals surface area contributed by atoms with Gasteiger partial charge in [-0.05, 0) is 24.3 Å². The van der Waals surface area contributed by atoms with Crippen LogP contribution in [-0.2, 0) is 20.6 Å². The fourth-order valence-corrected chi connectivity index (χ4v) is 3.74. The molecule has 0 N–H and O–H groups in total. The van der Waals surface area contributed by atoms with E-state index in [0.29, 0.717) is 11.3 Å². The lowest BCUT2D eigenvalue weighted by Crippen LogP contribution is -2.36. The fourth-order valence-electron chi connectivity index (χ4n) is 3.74. The second kappa shape index (κ2) is 7.83. The highest BCUT2D eigenvalue weighted by molar-refractivity contribution is 6.48. The van der Waals surface area contributed by atoms with Crippen LogP contribution in [0.5, 0.6) is 5.75 Å². The number of hydrogen-bond acceptors (Lipinski definition) is 4. The third-order valence-corrected chi connectivity index (χ3v) is 5.24. The first-order chi connectivity index (χ1) is 14.4. The van der Waals surface area contributed by atoms with Crippen LogP contribution in [0.4, 0.5) is 18.9 Å². The average Bonchev–Trinajstić information content (AvgIpc) is 2.96. The molecule has 1 aliphatic rings. The van der Waals surface area contributed by atoms with Crippen molar-refractivity contribution in [1.29, 1.82) is 0 Å². The van der Waals surface area contributed by atoms with Crippen molar-refractivity contribution in [3.05, 3.63) is 59.7 Å². The number of carbonyl (C=O) groups excluding carboxylic acids is 3. The lowest BCUT2D eigenvalue weighted by Gasteiger charge is -2.31. The molecule has 31 heavy (non-hydrogen) atoms. The van der Waals surface area contributed by atoms with Gasteiger partial charge in [0.05, 0.1) is 18.7 Å². The van der Waals surface area contributed by atoms with Crippen molar-refractivity contribution in [3.63, 3.8) is 0 Å². The van der Waals surface area contributed by atoms with E-state index in [1.165, 1.54) is 13.2 Å². The third-order valence-electron chi connectivity index (χ3n) is 5.24. The molecular formula is C23H22F3NO4. The van der Waals surface area contributed by atoms with Crippen LogP contribution < -0.4 is 9.64 Å². The molecule has 164 valence electrons. The van der Waals surface area contributed by atoms with E-state index in [2.05, 4.69) is 0 Å². The molecule has 1 heterocycles. The van der Waals surface area contributed by atoms with Crippen molar-refractivity contribution in [2.45, 2.75) is 33.0 Å². The number of hydrogen-bond donors (Lipinski definition) is 0. The van der Waals surface area contributed by atoms with Crippen LogP contribution in [0.3, 0.4) is 0 Å². The molecule has 1 aliphatic heterocycles. The maximum atomic E-state index is 13.3. The topological polar surface area (TPSA) is 63.7 Å². The van der Waals surface area contributed by atoms with Crippen LogP contribution in [0.1, 0.15) is 37.9 Å². The van der Waals surface area contributed by atoms with Crippen LogP contribution in [0.25, 0.3) is 0 Å². The van der Waals surface area contributed by atoms with E-state index in [1.807, 2.05) is 0 Å². The molecule has 0 saturated carbocycles. The number of ketones is 2. The Morgan fingerprint density at radius 1 is 1.00 bits per heavy atom. The van der Waals surface area contributed by atoms with Crippen molar-refractivity contribution in [2.24, 2.45) is 11.3 Å². The highest BCUT2D eigenvalue weighted by atomic mass is 19.4. The summed E-state index contributed by atoms with van der Waals surface area (Å²) < 4.78 is 45.2. The van der Waals surface area contributed by atoms with Gasteiger partial charge >= 0.3 is 6.18 Å². The molecule has 1 amide bonds. The van der Waals surface area contributed by atoms with E-state index in [0.717, 1.165) is 23.1 Å². The number of rotatable bonds is 4. The van der Waals surface area contributed by atoms with Crippen molar-refractivity contribution in [2.75, 3.05) is 12.0 Å². The van der Waals surface area contributed by atoms with E-state index in [9.17, 15) is 27.6 Å². The van der Waals surface area contributed by atoms with Crippen LogP contribution >= 0.6 is 0 Å². The lowest BCUT2D eigenvalue weighted by molar-refractivity contribution is -0.141. The van der Waals surface area contributed by atoms with E-state index in [4.69, 9.17) is 4.74 Å². The zero-order valence-corrected chi connectivity index (χ0v) is 17.5. The number of alkyl halides is 3. The molecule has 0 aliphatic carbocycles. The number of benzene rings is 2. The van der Waals surface area contributed by atoms with E-state index < -0.39 is 46.6 Å². The van der Waals surface area contributed by atoms with Gasteiger partial charge < -0.3 is 4.74 Å². The number of nitrogens with zero attached hydrogens (tertiary/aromatic N) is 1. The predicted octanol–water partition coefficient (Wildman–Crippen LogP) is 4.60. The number of anilines is 1. The summed E-state index contributed by atoms with van der Waals surface area (Å²) in [6.45, 7) is 4.87. The lowest BCUT2D eigenvalue weighted by atomic mass is 9.77. The molecule has 0 spiro atoms. The maximum absolute atomic E-state index is 13.3. The largest absolute Gasteiger partial charge is 0.496 e. The molecule has 0 radical (unpaired) electrons. The molecule has 2 atom stereocenters. The smallest absolute Gasteiger partial charge is 0.416 e. The Hall–Kier alpha value is -3.16. The van der Waals surface area contributed by atoms with Crippen molar-refractivity contribution >= 4 is 23.2 Å². The highest BCUT2D eigenvalue weighted by Gasteiger charge is 2.54. The van der Waals surface area contributed by atoms with Crippen LogP contribution in [0, 0.1) is 11.3 Å². The van der Waals surface area contributed by atoms with Gasteiger partial charge in [-0.3, -0.25) is 19.3 Å². The molecule has 2 aromatic carbocycles. The molecule has 3 rings (SSSR count). The van der Waals surface area contributed by atoms with Gasteiger partial charge in [0.25, 0.3) is 5.91 Å². The van der Waals surface area contributed by atoms with E-state index in [-0.39, 0.29) is 5.69 Å². The second-order valence-electron chi connectivity index (χ2n) is 8.37. The summed E-state index contributed by atoms with van der Waals surface area (Å²) in [5.74, 6) is -3.51. The standard InChI is InChI=1S/C23H22F3NO4/c1-22(2,3)20(29)17-18(15-10-5-6-11-16(15)31-4)27(21(30)19(17)28)14-9-7-8-13(12-14)23(24,25)26/h5-12,17-18H,1-4H3. The number of carbonyl (C=O) groups is 3. The summed E-state index contributed by atoms with van der Waals surface area (Å²) in [6.07, 6.45) is -4.64. The van der Waals surface area contributed by atoms with Gasteiger partial charge in [-0.1, -0.05) is 45.0 Å². The first-order valence-electron chi connectivity index (χ1n) is 9.60. The van der Waals surface area contributed by atoms with Crippen molar-refractivity contribution in [3.8, 4) is 5.75 Å². The first kappa shape index (κ1) is 22.5. The van der Waals surface area contributed by atoms with Crippen LogP contribution in [-0.4, -0.2) is 24.6 Å². The Labute approximate surface area is 177 Å². The molecule has 0 aromatic heterocycles. The fraction of sp³-hybridized carbons (Fsp3) is 0.348. The normalized spacial score (nSPS) is 19.6. The highest BCUT2D eigenvalue weighted by Crippen LogP contribution is 2.46. The number of methoxy groups -OCH3 is 1. The quantitative estimate of drug-likeness (QED) is 0.522. The van der Waals surface area contributed by atoms with Crippen LogP contribution in [0.15, 0.2) is 48.5 Å². The van der Waals surface area contributed by atoms with Gasteiger partial charge in [0, 0.05) is 16.7 Å². The average molecular weight is 433 g/mol. The van der Waals surface area contributed by atoms with Crippen molar-refractivity contribution < 1.29 is 32.3 Å². The predicted molar refractivity (Wildman–Crippen MR) is 108 cm³/mol. The third kappa shape index (κ3) is 4.06. The summed E-state index contributed by atoms with van der Waals surface area (Å²) in [7, 11) is 1.40. The maximum Gasteiger partial charge on any atom is 0.416 e. The number of amides is 1. The van der Waals surface area contributed by atoms with Gasteiger partial charge in [-0.15, -0.1) is 0 Å². The molecule has 0 bridgehead atoms. The van der Waals surface area contributed by atoms with Gasteiger partial charge in [-0.2, -0.15) is 13.2 Å². The molecule has 2 unspecified atom stereocenters. The van der Waals surface area contributed by atoms with E-state index in [1.54, 1.807) is 45.0 Å². The molecule has 1 fully saturated rings. The summed E-state index contributed by atoms with van der Waals surface area (Å²) in [5.41, 5.74) is -1.67. The molecule has 5 nitrogen and oxygen atoms in total. The molecule has 2 aromatic rings. The molecule has 8 heteroatoms. The number of ether oxygens (including phenoxy) is 1. The first-order valence-corrected chi connectivity index (χ1v) is 9.60. The van der Waals surface area contributed by atoms with E-state index >= 15 is 0 Å². The Morgan fingerprint density at radius 3 is 2.23 bits per heavy atom. The number of para-hydroxylation sites is 1. The van der Waals surface area contributed by atoms with Gasteiger partial charge in [0.15, 0.2) is 5.78 Å². The number of halogens is 3. The summed E-state index contributed by atoms with van der Waals surface area (Å²) in [6, 6.07) is 9.54. The minimum absolute atomic E-state index is 0.117. The minimum atomic E-state index is -4.64. The summed E-state index contributed by atoms with van der Waals surface area (Å²) >= 11 is 0. The van der Waals surface area contributed by atoms with Gasteiger partial charge in [-0.25, -0.2) is 0 Å². The molecule has 1 saturated heterocycles. The second-order valence-corrected chi connectivity index (χ2v) is 8.37. The van der Waals surface area contributed by atoms with Gasteiger partial charge in [0.2, 0.25) is 5.78 Å². The van der Waals surface area contributed by atoms with Crippen molar-refractivity contribution in [1.82, 2.24) is 0 Å². The zero-order valence-electron chi connectivity index (χ0n) is 17.5. The Morgan fingerprint density at radius 2 is 1.65 bits per heavy atom. The Balaban J connectivity index is 2.25. The Kier molecular flexibility index (Phi) is 5.69. The molecular weight excluding hydrogens is 411 g/mol. The zero-order chi connectivity index (χ0) is 23.1. The minimum Gasteiger partial charge on any atom is -0.496 e.